The van der Waals surface area contributed by atoms with Gasteiger partial charge in [-0.1, -0.05) is 30.3 Å². The largest absolute Gasteiger partial charge is 0.354 e. The number of aromatic amines is 1. The number of nitrogens with one attached hydrogen (secondary N) is 1. The number of carbonyl (C=O) groups excluding carboxylic acids is 1. The lowest BCUT2D eigenvalue weighted by Crippen LogP contribution is -2.34. The number of hydrogen-bond acceptors (Lipinski definition) is 2. The Balaban J connectivity index is 1.96. The Morgan fingerprint density at radius 3 is 2.68 bits per heavy atom. The monoisotopic (exact) mass is 350 g/mol. The third kappa shape index (κ3) is 2.56. The fourth-order valence-corrected chi connectivity index (χ4v) is 4.98. The molecule has 128 valence electrons. The molecular formula is C21H22N2OS. The van der Waals surface area contributed by atoms with Gasteiger partial charge in [0.1, 0.15) is 5.25 Å². The molecule has 0 spiro atoms. The van der Waals surface area contributed by atoms with Crippen LogP contribution in [0.15, 0.2) is 47.4 Å². The lowest BCUT2D eigenvalue weighted by atomic mass is 10.00. The molecule has 0 fully saturated rings. The number of thioether (sulfide) groups is 1. The highest BCUT2D eigenvalue weighted by Gasteiger charge is 2.35. The molecule has 4 rings (SSSR count). The average molecular weight is 350 g/mol. The number of fused-ring (bicyclic) bond motifs is 5. The first-order valence-electron chi connectivity index (χ1n) is 8.81. The van der Waals surface area contributed by atoms with Gasteiger partial charge in [-0.15, -0.1) is 11.8 Å². The van der Waals surface area contributed by atoms with Crippen LogP contribution in [-0.2, 0) is 4.79 Å². The van der Waals surface area contributed by atoms with E-state index in [4.69, 9.17) is 0 Å². The number of rotatable bonds is 3. The van der Waals surface area contributed by atoms with Crippen molar-refractivity contribution < 1.29 is 4.79 Å². The molecule has 2 heterocycles. The third-order valence-corrected chi connectivity index (χ3v) is 6.24. The summed E-state index contributed by atoms with van der Waals surface area (Å²) in [4.78, 5) is 19.9. The molecule has 1 aliphatic heterocycles. The lowest BCUT2D eigenvalue weighted by Gasteiger charge is -2.29. The molecule has 1 unspecified atom stereocenters. The molecule has 25 heavy (non-hydrogen) atoms. The molecule has 1 amide bonds. The molecule has 0 saturated heterocycles. The number of aryl methyl sites for hydroxylation is 1. The number of hydrogen-bond donors (Lipinski definition) is 1. The van der Waals surface area contributed by atoms with Crippen molar-refractivity contribution in [2.45, 2.75) is 30.9 Å². The van der Waals surface area contributed by atoms with Crippen LogP contribution in [0, 0.1) is 6.92 Å². The van der Waals surface area contributed by atoms with Crippen LogP contribution in [0.5, 0.6) is 0 Å². The predicted molar refractivity (Wildman–Crippen MR) is 105 cm³/mol. The highest BCUT2D eigenvalue weighted by molar-refractivity contribution is 8.00. The molecule has 0 saturated carbocycles. The van der Waals surface area contributed by atoms with Crippen LogP contribution in [-0.4, -0.2) is 28.9 Å². The summed E-state index contributed by atoms with van der Waals surface area (Å²) in [6.07, 6.45) is 0. The quantitative estimate of drug-likeness (QED) is 0.708. The second-order valence-electron chi connectivity index (χ2n) is 6.47. The van der Waals surface area contributed by atoms with Gasteiger partial charge in [-0.2, -0.15) is 0 Å². The first kappa shape index (κ1) is 16.3. The van der Waals surface area contributed by atoms with Crippen molar-refractivity contribution >= 4 is 28.6 Å². The van der Waals surface area contributed by atoms with Crippen LogP contribution in [0.25, 0.3) is 22.2 Å². The van der Waals surface area contributed by atoms with Crippen LogP contribution in [0.2, 0.25) is 0 Å². The Hall–Kier alpha value is -2.20. The summed E-state index contributed by atoms with van der Waals surface area (Å²) in [6.45, 7) is 7.67. The summed E-state index contributed by atoms with van der Waals surface area (Å²) in [5.74, 6) is 0.201. The van der Waals surface area contributed by atoms with Crippen molar-refractivity contribution in [3.63, 3.8) is 0 Å². The normalized spacial score (nSPS) is 15.7. The van der Waals surface area contributed by atoms with E-state index < -0.39 is 0 Å². The summed E-state index contributed by atoms with van der Waals surface area (Å²) in [5.41, 5.74) is 5.76. The van der Waals surface area contributed by atoms with E-state index in [1.165, 1.54) is 16.0 Å². The van der Waals surface area contributed by atoms with Gasteiger partial charge in [0.2, 0.25) is 5.91 Å². The second kappa shape index (κ2) is 6.26. The SMILES string of the molecule is CCN(CC)C(=O)C1Sc2ccccc2-c2[nH]c3cc(C)ccc3c21. The molecule has 3 nitrogen and oxygen atoms in total. The van der Waals surface area contributed by atoms with Crippen LogP contribution in [0.1, 0.15) is 30.2 Å². The Morgan fingerprint density at radius 2 is 1.92 bits per heavy atom. The molecule has 1 aliphatic rings. The van der Waals surface area contributed by atoms with Crippen LogP contribution in [0.3, 0.4) is 0 Å². The predicted octanol–water partition coefficient (Wildman–Crippen LogP) is 5.16. The topological polar surface area (TPSA) is 36.1 Å². The minimum atomic E-state index is -0.193. The summed E-state index contributed by atoms with van der Waals surface area (Å²) in [5, 5.41) is 0.967. The van der Waals surface area contributed by atoms with Gasteiger partial charge in [0.15, 0.2) is 0 Å². The molecule has 2 aromatic carbocycles. The maximum Gasteiger partial charge on any atom is 0.240 e. The van der Waals surface area contributed by atoms with Crippen molar-refractivity contribution in [3.05, 3.63) is 53.6 Å². The van der Waals surface area contributed by atoms with Crippen LogP contribution >= 0.6 is 11.8 Å². The van der Waals surface area contributed by atoms with Gasteiger partial charge in [0, 0.05) is 40.0 Å². The molecule has 1 aromatic heterocycles. The van der Waals surface area contributed by atoms with Gasteiger partial charge in [-0.05, 0) is 38.5 Å². The minimum Gasteiger partial charge on any atom is -0.354 e. The summed E-state index contributed by atoms with van der Waals surface area (Å²) in [6, 6.07) is 14.8. The van der Waals surface area contributed by atoms with E-state index in [1.54, 1.807) is 11.8 Å². The van der Waals surface area contributed by atoms with E-state index in [1.807, 2.05) is 24.8 Å². The minimum absolute atomic E-state index is 0.193. The zero-order chi connectivity index (χ0) is 17.6. The van der Waals surface area contributed by atoms with E-state index in [9.17, 15) is 4.79 Å². The number of nitrogens with zero attached hydrogens (tertiary/aromatic N) is 1. The maximum absolute atomic E-state index is 13.2. The molecule has 3 aromatic rings. The van der Waals surface area contributed by atoms with Crippen molar-refractivity contribution in [2.75, 3.05) is 13.1 Å². The van der Waals surface area contributed by atoms with E-state index in [0.29, 0.717) is 0 Å². The first-order valence-corrected chi connectivity index (χ1v) is 9.69. The van der Waals surface area contributed by atoms with Gasteiger partial charge in [-0.3, -0.25) is 4.79 Å². The number of likely N-dealkylation sites (N-methyl/N-ethyl adjacent to an activating group) is 1. The summed E-state index contributed by atoms with van der Waals surface area (Å²) >= 11 is 1.68. The van der Waals surface area contributed by atoms with Crippen molar-refractivity contribution in [1.29, 1.82) is 0 Å². The number of benzene rings is 2. The van der Waals surface area contributed by atoms with E-state index >= 15 is 0 Å². The zero-order valence-electron chi connectivity index (χ0n) is 14.8. The zero-order valence-corrected chi connectivity index (χ0v) is 15.6. The Morgan fingerprint density at radius 1 is 1.16 bits per heavy atom. The molecule has 0 radical (unpaired) electrons. The van der Waals surface area contributed by atoms with E-state index in [2.05, 4.69) is 48.3 Å². The standard InChI is InChI=1S/C21H22N2OS/c1-4-23(5-2)21(24)20-18-14-11-10-13(3)12-16(14)22-19(18)15-8-6-7-9-17(15)25-20/h6-12,20,22H,4-5H2,1-3H3. The number of carbonyl (C=O) groups is 1. The number of amides is 1. The molecular weight excluding hydrogens is 328 g/mol. The van der Waals surface area contributed by atoms with Gasteiger partial charge < -0.3 is 9.88 Å². The van der Waals surface area contributed by atoms with Crippen molar-refractivity contribution in [1.82, 2.24) is 9.88 Å². The summed E-state index contributed by atoms with van der Waals surface area (Å²) in [7, 11) is 0. The number of aromatic nitrogens is 1. The molecule has 0 bridgehead atoms. The molecule has 1 N–H and O–H groups in total. The van der Waals surface area contributed by atoms with Gasteiger partial charge >= 0.3 is 0 Å². The van der Waals surface area contributed by atoms with Crippen LogP contribution in [0.4, 0.5) is 0 Å². The number of H-pyrrole nitrogens is 1. The van der Waals surface area contributed by atoms with E-state index in [0.717, 1.165) is 35.2 Å². The molecule has 4 heteroatoms. The van der Waals surface area contributed by atoms with Gasteiger partial charge in [-0.25, -0.2) is 0 Å². The maximum atomic E-state index is 13.2. The molecule has 0 aliphatic carbocycles. The average Bonchev–Trinajstić information content (AvgIpc) is 3.00. The summed E-state index contributed by atoms with van der Waals surface area (Å²) < 4.78 is 0. The van der Waals surface area contributed by atoms with Crippen molar-refractivity contribution in [3.8, 4) is 11.3 Å². The first-order chi connectivity index (χ1) is 12.1. The third-order valence-electron chi connectivity index (χ3n) is 4.96. The highest BCUT2D eigenvalue weighted by Crippen LogP contribution is 2.51. The Kier molecular flexibility index (Phi) is 4.08. The van der Waals surface area contributed by atoms with Gasteiger partial charge in [0.25, 0.3) is 0 Å². The lowest BCUT2D eigenvalue weighted by molar-refractivity contribution is -0.130. The van der Waals surface area contributed by atoms with Gasteiger partial charge in [0.05, 0.1) is 5.69 Å². The fourth-order valence-electron chi connectivity index (χ4n) is 3.65. The fraction of sp³-hybridized carbons (Fsp3) is 0.286. The Labute approximate surface area is 152 Å². The Bertz CT molecular complexity index is 956. The molecule has 1 atom stereocenters. The van der Waals surface area contributed by atoms with Crippen LogP contribution < -0.4 is 0 Å². The second-order valence-corrected chi connectivity index (χ2v) is 7.61. The van der Waals surface area contributed by atoms with Crippen molar-refractivity contribution in [2.24, 2.45) is 0 Å². The highest BCUT2D eigenvalue weighted by atomic mass is 32.2. The van der Waals surface area contributed by atoms with E-state index in [-0.39, 0.29) is 11.2 Å². The smallest absolute Gasteiger partial charge is 0.240 e.